The molecule has 0 radical (unpaired) electrons. The molecule has 1 heterocycles. The molecule has 0 spiro atoms. The van der Waals surface area contributed by atoms with Gasteiger partial charge in [-0.1, -0.05) is 42.5 Å². The van der Waals surface area contributed by atoms with Crippen molar-refractivity contribution in [1.82, 2.24) is 5.32 Å². The van der Waals surface area contributed by atoms with E-state index in [1.165, 1.54) is 0 Å². The number of carbonyl (C=O) groups is 2. The van der Waals surface area contributed by atoms with Crippen molar-refractivity contribution in [2.75, 3.05) is 37.8 Å². The summed E-state index contributed by atoms with van der Waals surface area (Å²) in [6, 6.07) is 18.4. The molecular formula is C31H38N2O4. The Bertz CT molecular complexity index is 1160. The molecule has 196 valence electrons. The van der Waals surface area contributed by atoms with E-state index in [0.29, 0.717) is 30.8 Å². The van der Waals surface area contributed by atoms with Gasteiger partial charge < -0.3 is 19.7 Å². The van der Waals surface area contributed by atoms with Gasteiger partial charge in [0.15, 0.2) is 5.78 Å². The summed E-state index contributed by atoms with van der Waals surface area (Å²) in [7, 11) is 0. The van der Waals surface area contributed by atoms with Crippen LogP contribution in [0.3, 0.4) is 0 Å². The molecule has 2 aliphatic rings. The van der Waals surface area contributed by atoms with Gasteiger partial charge >= 0.3 is 5.97 Å². The zero-order valence-corrected chi connectivity index (χ0v) is 22.4. The monoisotopic (exact) mass is 502 g/mol. The number of carbonyl (C=O) groups excluding carboxylic acids is 2. The Morgan fingerprint density at radius 2 is 1.65 bits per heavy atom. The van der Waals surface area contributed by atoms with E-state index >= 15 is 0 Å². The van der Waals surface area contributed by atoms with E-state index in [0.717, 1.165) is 47.7 Å². The molecule has 1 aliphatic carbocycles. The van der Waals surface area contributed by atoms with E-state index in [-0.39, 0.29) is 18.3 Å². The molecule has 0 amide bonds. The van der Waals surface area contributed by atoms with Crippen LogP contribution in [-0.2, 0) is 19.1 Å². The summed E-state index contributed by atoms with van der Waals surface area (Å²) in [5, 5.41) is 3.43. The smallest absolute Gasteiger partial charge is 0.336 e. The quantitative estimate of drug-likeness (QED) is 0.343. The van der Waals surface area contributed by atoms with Gasteiger partial charge in [-0.3, -0.25) is 4.79 Å². The van der Waals surface area contributed by atoms with Gasteiger partial charge in [0.05, 0.1) is 12.2 Å². The Balaban J connectivity index is 1.72. The van der Waals surface area contributed by atoms with Crippen LogP contribution in [0.15, 0.2) is 77.1 Å². The highest BCUT2D eigenvalue weighted by Gasteiger charge is 2.41. The van der Waals surface area contributed by atoms with Crippen LogP contribution < -0.4 is 10.2 Å². The summed E-state index contributed by atoms with van der Waals surface area (Å²) in [4.78, 5) is 29.4. The van der Waals surface area contributed by atoms with E-state index in [1.807, 2.05) is 44.2 Å². The number of benzene rings is 2. The number of dihydropyridines is 1. The summed E-state index contributed by atoms with van der Waals surface area (Å²) < 4.78 is 11.0. The topological polar surface area (TPSA) is 67.9 Å². The lowest BCUT2D eigenvalue weighted by atomic mass is 9.71. The number of esters is 1. The summed E-state index contributed by atoms with van der Waals surface area (Å²) in [5.41, 5.74) is 6.03. The fraction of sp³-hybridized carbons (Fsp3) is 0.419. The van der Waals surface area contributed by atoms with Gasteiger partial charge in [-0.05, 0) is 63.3 Å². The van der Waals surface area contributed by atoms with Gasteiger partial charge in [-0.2, -0.15) is 0 Å². The molecule has 0 aromatic heterocycles. The van der Waals surface area contributed by atoms with E-state index in [9.17, 15) is 9.59 Å². The van der Waals surface area contributed by atoms with Crippen molar-refractivity contribution in [2.45, 2.75) is 52.4 Å². The Kier molecular flexibility index (Phi) is 8.82. The van der Waals surface area contributed by atoms with Crippen molar-refractivity contribution in [3.05, 3.63) is 88.3 Å². The zero-order valence-electron chi connectivity index (χ0n) is 22.4. The first-order valence-corrected chi connectivity index (χ1v) is 13.4. The lowest BCUT2D eigenvalue weighted by Crippen LogP contribution is -2.36. The number of ether oxygens (including phenoxy) is 2. The largest absolute Gasteiger partial charge is 0.460 e. The molecule has 0 fully saturated rings. The molecule has 2 atom stereocenters. The van der Waals surface area contributed by atoms with Crippen LogP contribution in [0.25, 0.3) is 0 Å². The summed E-state index contributed by atoms with van der Waals surface area (Å²) >= 11 is 0. The second-order valence-corrected chi connectivity index (χ2v) is 9.52. The number of ketones is 1. The molecule has 2 aromatic carbocycles. The van der Waals surface area contributed by atoms with E-state index in [4.69, 9.17) is 9.47 Å². The van der Waals surface area contributed by atoms with Crippen molar-refractivity contribution < 1.29 is 19.1 Å². The van der Waals surface area contributed by atoms with Crippen molar-refractivity contribution in [3.63, 3.8) is 0 Å². The lowest BCUT2D eigenvalue weighted by Gasteiger charge is -2.37. The predicted molar refractivity (Wildman–Crippen MR) is 146 cm³/mol. The van der Waals surface area contributed by atoms with Crippen LogP contribution in [-0.4, -0.2) is 44.7 Å². The Labute approximate surface area is 220 Å². The van der Waals surface area contributed by atoms with Crippen LogP contribution in [0.1, 0.15) is 63.5 Å². The molecule has 0 saturated carbocycles. The molecule has 6 heteroatoms. The fourth-order valence-electron chi connectivity index (χ4n) is 5.49. The number of Topliss-reactive ketones (excluding diaryl/α,β-unsaturated/α-hetero) is 1. The minimum Gasteiger partial charge on any atom is -0.460 e. The van der Waals surface area contributed by atoms with Gasteiger partial charge in [0.25, 0.3) is 0 Å². The van der Waals surface area contributed by atoms with Gasteiger partial charge in [0, 0.05) is 54.7 Å². The van der Waals surface area contributed by atoms with Gasteiger partial charge in [-0.25, -0.2) is 4.79 Å². The summed E-state index contributed by atoms with van der Waals surface area (Å²) in [5.74, 6) is -0.691. The highest BCUT2D eigenvalue weighted by molar-refractivity contribution is 6.04. The Morgan fingerprint density at radius 1 is 0.946 bits per heavy atom. The highest BCUT2D eigenvalue weighted by Crippen LogP contribution is 2.45. The van der Waals surface area contributed by atoms with Crippen LogP contribution in [0.4, 0.5) is 5.69 Å². The second kappa shape index (κ2) is 12.2. The Morgan fingerprint density at radius 3 is 2.30 bits per heavy atom. The standard InChI is InChI=1S/C31H38N2O4/c1-5-33(6-2)25-15-13-23(14-16-25)29-28(31(35)37-18-17-36-7-3)21(4)32-26-19-24(20-27(34)30(26)29)22-11-9-8-10-12-22/h8-16,24,29,32H,5-7,17-20H2,1-4H3/t24-,29-/m1/s1. The second-order valence-electron chi connectivity index (χ2n) is 9.52. The third-order valence-corrected chi connectivity index (χ3v) is 7.34. The minimum atomic E-state index is -0.467. The summed E-state index contributed by atoms with van der Waals surface area (Å²) in [6.07, 6.45) is 1.15. The molecule has 0 saturated heterocycles. The lowest BCUT2D eigenvalue weighted by molar-refractivity contribution is -0.140. The molecule has 1 aliphatic heterocycles. The van der Waals surface area contributed by atoms with Crippen LogP contribution in [0.2, 0.25) is 0 Å². The van der Waals surface area contributed by atoms with Gasteiger partial charge in [0.1, 0.15) is 6.61 Å². The first-order chi connectivity index (χ1) is 18.0. The third-order valence-electron chi connectivity index (χ3n) is 7.34. The summed E-state index contributed by atoms with van der Waals surface area (Å²) in [6.45, 7) is 11.0. The number of nitrogens with zero attached hydrogens (tertiary/aromatic N) is 1. The van der Waals surface area contributed by atoms with Crippen molar-refractivity contribution in [3.8, 4) is 0 Å². The molecular weight excluding hydrogens is 464 g/mol. The number of nitrogens with one attached hydrogen (secondary N) is 1. The third kappa shape index (κ3) is 5.80. The fourth-order valence-corrected chi connectivity index (χ4v) is 5.49. The molecule has 4 rings (SSSR count). The maximum atomic E-state index is 13.7. The average Bonchev–Trinajstić information content (AvgIpc) is 2.91. The minimum absolute atomic E-state index is 0.0764. The van der Waals surface area contributed by atoms with Crippen LogP contribution in [0, 0.1) is 0 Å². The number of anilines is 1. The van der Waals surface area contributed by atoms with E-state index < -0.39 is 11.9 Å². The molecule has 0 unspecified atom stereocenters. The first kappa shape index (κ1) is 26.7. The van der Waals surface area contributed by atoms with Crippen LogP contribution >= 0.6 is 0 Å². The van der Waals surface area contributed by atoms with Gasteiger partial charge in [-0.15, -0.1) is 0 Å². The SMILES string of the molecule is CCOCCOC(=O)C1=C(C)NC2=C(C(=O)C[C@H](c3ccccc3)C2)[C@@H]1c1ccc(N(CC)CC)cc1. The van der Waals surface area contributed by atoms with Crippen molar-refractivity contribution >= 4 is 17.4 Å². The number of allylic oxidation sites excluding steroid dienone is 3. The first-order valence-electron chi connectivity index (χ1n) is 13.4. The maximum absolute atomic E-state index is 13.7. The van der Waals surface area contributed by atoms with Crippen molar-refractivity contribution in [2.24, 2.45) is 0 Å². The van der Waals surface area contributed by atoms with Crippen molar-refractivity contribution in [1.29, 1.82) is 0 Å². The molecule has 37 heavy (non-hydrogen) atoms. The molecule has 2 aromatic rings. The van der Waals surface area contributed by atoms with E-state index in [1.54, 1.807) is 0 Å². The van der Waals surface area contributed by atoms with Crippen LogP contribution in [0.5, 0.6) is 0 Å². The maximum Gasteiger partial charge on any atom is 0.336 e. The van der Waals surface area contributed by atoms with Gasteiger partial charge in [0.2, 0.25) is 0 Å². The Hall–Kier alpha value is -3.38. The molecule has 1 N–H and O–H groups in total. The normalized spacial score (nSPS) is 19.4. The highest BCUT2D eigenvalue weighted by atomic mass is 16.6. The number of rotatable bonds is 10. The number of hydrogen-bond acceptors (Lipinski definition) is 6. The number of hydrogen-bond donors (Lipinski definition) is 1. The zero-order chi connectivity index (χ0) is 26.4. The average molecular weight is 503 g/mol. The molecule has 0 bridgehead atoms. The predicted octanol–water partition coefficient (Wildman–Crippen LogP) is 5.47. The molecule has 6 nitrogen and oxygen atoms in total. The van der Waals surface area contributed by atoms with E-state index in [2.05, 4.69) is 48.3 Å².